The van der Waals surface area contributed by atoms with Crippen molar-refractivity contribution in [3.05, 3.63) is 35.4 Å². The maximum atomic E-state index is 8.73. The minimum atomic E-state index is 0.260. The van der Waals surface area contributed by atoms with Crippen LogP contribution in [0.3, 0.4) is 0 Å². The molecule has 6 heteroatoms. The van der Waals surface area contributed by atoms with E-state index in [-0.39, 0.29) is 5.71 Å². The third-order valence-corrected chi connectivity index (χ3v) is 2.68. The van der Waals surface area contributed by atoms with Gasteiger partial charge in [0.2, 0.25) is 0 Å². The van der Waals surface area contributed by atoms with Crippen LogP contribution in [-0.4, -0.2) is 43.0 Å². The van der Waals surface area contributed by atoms with E-state index >= 15 is 0 Å². The molecular formula is C13H18N6. The number of hydrogen-bond donors (Lipinski definition) is 3. The predicted octanol–water partition coefficient (Wildman–Crippen LogP) is 0.131. The summed E-state index contributed by atoms with van der Waals surface area (Å²) < 4.78 is 0. The van der Waals surface area contributed by atoms with Gasteiger partial charge in [-0.25, -0.2) is 0 Å². The molecule has 0 saturated carbocycles. The van der Waals surface area contributed by atoms with Gasteiger partial charge in [-0.15, -0.1) is 0 Å². The van der Waals surface area contributed by atoms with Gasteiger partial charge in [-0.2, -0.15) is 10.4 Å². The molecular weight excluding hydrogens is 240 g/mol. The standard InChI is InChI=1S/C13H18N6/c1-19(7-6-14)9-12(18-17)13(16)11-4-2-10(8-15)3-5-11/h2-5,16H,6-7,9,14,17H2,1H3/b16-13?,18-12-. The molecule has 1 rings (SSSR count). The van der Waals surface area contributed by atoms with Crippen molar-refractivity contribution in [1.82, 2.24) is 4.90 Å². The van der Waals surface area contributed by atoms with Gasteiger partial charge in [0.25, 0.3) is 0 Å². The summed E-state index contributed by atoms with van der Waals surface area (Å²) in [6.45, 7) is 1.71. The van der Waals surface area contributed by atoms with Gasteiger partial charge < -0.3 is 11.6 Å². The molecule has 0 amide bonds. The molecule has 0 fully saturated rings. The first-order valence-corrected chi connectivity index (χ1v) is 5.87. The second-order valence-corrected chi connectivity index (χ2v) is 4.17. The lowest BCUT2D eigenvalue weighted by molar-refractivity contribution is 0.392. The Morgan fingerprint density at radius 3 is 2.53 bits per heavy atom. The van der Waals surface area contributed by atoms with Crippen molar-refractivity contribution in [3.63, 3.8) is 0 Å². The Kier molecular flexibility index (Phi) is 5.67. The van der Waals surface area contributed by atoms with Crippen LogP contribution in [0.1, 0.15) is 11.1 Å². The Labute approximate surface area is 112 Å². The van der Waals surface area contributed by atoms with Crippen molar-refractivity contribution in [2.24, 2.45) is 16.7 Å². The van der Waals surface area contributed by atoms with Crippen molar-refractivity contribution in [2.45, 2.75) is 0 Å². The van der Waals surface area contributed by atoms with Crippen molar-refractivity contribution >= 4 is 11.4 Å². The first-order valence-electron chi connectivity index (χ1n) is 5.87. The minimum Gasteiger partial charge on any atom is -0.329 e. The number of nitrogens with zero attached hydrogens (tertiary/aromatic N) is 3. The zero-order valence-corrected chi connectivity index (χ0v) is 10.9. The first kappa shape index (κ1) is 14.8. The Morgan fingerprint density at radius 1 is 1.42 bits per heavy atom. The van der Waals surface area contributed by atoms with E-state index in [1.807, 2.05) is 18.0 Å². The van der Waals surface area contributed by atoms with Crippen LogP contribution in [0.5, 0.6) is 0 Å². The number of nitriles is 1. The van der Waals surface area contributed by atoms with Crippen molar-refractivity contribution in [2.75, 3.05) is 26.7 Å². The van der Waals surface area contributed by atoms with Gasteiger partial charge in [0, 0.05) is 25.2 Å². The summed E-state index contributed by atoms with van der Waals surface area (Å²) in [7, 11) is 1.89. The average molecular weight is 258 g/mol. The van der Waals surface area contributed by atoms with Crippen molar-refractivity contribution < 1.29 is 0 Å². The maximum absolute atomic E-state index is 8.73. The fraction of sp³-hybridized carbons (Fsp3) is 0.308. The second kappa shape index (κ2) is 7.26. The monoisotopic (exact) mass is 258 g/mol. The summed E-state index contributed by atoms with van der Waals surface area (Å²) in [6, 6.07) is 8.81. The predicted molar refractivity (Wildman–Crippen MR) is 76.2 cm³/mol. The van der Waals surface area contributed by atoms with Gasteiger partial charge in [0.05, 0.1) is 23.1 Å². The van der Waals surface area contributed by atoms with E-state index in [9.17, 15) is 0 Å². The quantitative estimate of drug-likeness (QED) is 0.382. The summed E-state index contributed by atoms with van der Waals surface area (Å²) in [5.74, 6) is 5.35. The third-order valence-electron chi connectivity index (χ3n) is 2.68. The molecule has 0 bridgehead atoms. The zero-order valence-electron chi connectivity index (χ0n) is 10.9. The van der Waals surface area contributed by atoms with Crippen molar-refractivity contribution in [3.8, 4) is 6.07 Å². The lowest BCUT2D eigenvalue weighted by Gasteiger charge is -2.16. The van der Waals surface area contributed by atoms with Crippen LogP contribution in [0.25, 0.3) is 0 Å². The van der Waals surface area contributed by atoms with Crippen LogP contribution in [0, 0.1) is 16.7 Å². The lowest BCUT2D eigenvalue weighted by Crippen LogP contribution is -2.34. The van der Waals surface area contributed by atoms with E-state index in [4.69, 9.17) is 22.2 Å². The maximum Gasteiger partial charge on any atom is 0.0995 e. The van der Waals surface area contributed by atoms with Gasteiger partial charge in [0.1, 0.15) is 0 Å². The number of rotatable bonds is 6. The molecule has 1 aromatic rings. The molecule has 6 nitrogen and oxygen atoms in total. The number of likely N-dealkylation sites (N-methyl/N-ethyl adjacent to an activating group) is 1. The Hall–Kier alpha value is -2.23. The minimum absolute atomic E-state index is 0.260. The second-order valence-electron chi connectivity index (χ2n) is 4.17. The molecule has 5 N–H and O–H groups in total. The Bertz CT molecular complexity index is 497. The topological polar surface area (TPSA) is 115 Å². The Balaban J connectivity index is 2.81. The normalized spacial score (nSPS) is 11.4. The molecule has 0 aliphatic rings. The molecule has 0 saturated heterocycles. The van der Waals surface area contributed by atoms with E-state index in [2.05, 4.69) is 5.10 Å². The summed E-state index contributed by atoms with van der Waals surface area (Å²) in [5, 5.41) is 20.5. The van der Waals surface area contributed by atoms with Crippen LogP contribution in [0.15, 0.2) is 29.4 Å². The molecule has 19 heavy (non-hydrogen) atoms. The van der Waals surface area contributed by atoms with E-state index < -0.39 is 0 Å². The van der Waals surface area contributed by atoms with E-state index in [0.717, 1.165) is 0 Å². The molecule has 0 heterocycles. The fourth-order valence-electron chi connectivity index (χ4n) is 1.62. The van der Waals surface area contributed by atoms with Crippen LogP contribution in [0.4, 0.5) is 0 Å². The molecule has 0 spiro atoms. The summed E-state index contributed by atoms with van der Waals surface area (Å²) in [4.78, 5) is 1.95. The molecule has 0 atom stereocenters. The van der Waals surface area contributed by atoms with Crippen LogP contribution in [0.2, 0.25) is 0 Å². The Morgan fingerprint density at radius 2 is 2.05 bits per heavy atom. The average Bonchev–Trinajstić information content (AvgIpc) is 2.44. The van der Waals surface area contributed by atoms with Gasteiger partial charge in [-0.3, -0.25) is 10.3 Å². The summed E-state index contributed by atoms with van der Waals surface area (Å²) in [5.41, 5.74) is 7.46. The molecule has 0 unspecified atom stereocenters. The number of benzene rings is 1. The van der Waals surface area contributed by atoms with Crippen LogP contribution >= 0.6 is 0 Å². The number of hydrazone groups is 1. The zero-order chi connectivity index (χ0) is 14.3. The van der Waals surface area contributed by atoms with Crippen LogP contribution in [-0.2, 0) is 0 Å². The van der Waals surface area contributed by atoms with E-state index in [0.29, 0.717) is 36.5 Å². The smallest absolute Gasteiger partial charge is 0.0995 e. The highest BCUT2D eigenvalue weighted by Gasteiger charge is 2.12. The van der Waals surface area contributed by atoms with Crippen molar-refractivity contribution in [1.29, 1.82) is 10.7 Å². The largest absolute Gasteiger partial charge is 0.329 e. The van der Waals surface area contributed by atoms with Gasteiger partial charge in [0.15, 0.2) is 0 Å². The van der Waals surface area contributed by atoms with Crippen LogP contribution < -0.4 is 11.6 Å². The summed E-state index contributed by atoms with van der Waals surface area (Å²) >= 11 is 0. The summed E-state index contributed by atoms with van der Waals surface area (Å²) in [6.07, 6.45) is 0. The molecule has 0 aliphatic carbocycles. The van der Waals surface area contributed by atoms with E-state index in [1.165, 1.54) is 0 Å². The molecule has 0 aromatic heterocycles. The van der Waals surface area contributed by atoms with E-state index in [1.54, 1.807) is 24.3 Å². The first-order chi connectivity index (χ1) is 9.12. The fourth-order valence-corrected chi connectivity index (χ4v) is 1.62. The molecule has 0 radical (unpaired) electrons. The number of nitrogens with one attached hydrogen (secondary N) is 1. The highest BCUT2D eigenvalue weighted by atomic mass is 15.2. The molecule has 0 aliphatic heterocycles. The molecule has 100 valence electrons. The lowest BCUT2D eigenvalue weighted by atomic mass is 10.0. The highest BCUT2D eigenvalue weighted by molar-refractivity contribution is 6.47. The highest BCUT2D eigenvalue weighted by Crippen LogP contribution is 2.05. The SMILES string of the molecule is CN(CCN)C/C(=N/N)C(=N)c1ccc(C#N)cc1. The third kappa shape index (κ3) is 4.17. The number of hydrogen-bond acceptors (Lipinski definition) is 6. The van der Waals surface area contributed by atoms with Gasteiger partial charge in [-0.05, 0) is 19.2 Å². The van der Waals surface area contributed by atoms with Gasteiger partial charge >= 0.3 is 0 Å². The number of nitrogens with two attached hydrogens (primary N) is 2. The molecule has 1 aromatic carbocycles. The van der Waals surface area contributed by atoms with Gasteiger partial charge in [-0.1, -0.05) is 12.1 Å².